The topological polar surface area (TPSA) is 206 Å². The summed E-state index contributed by atoms with van der Waals surface area (Å²) in [5.41, 5.74) is 6.11. The minimum absolute atomic E-state index is 0.0795. The highest BCUT2D eigenvalue weighted by molar-refractivity contribution is 6.52. The number of anilines is 2. The second kappa shape index (κ2) is 12.4. The lowest BCUT2D eigenvalue weighted by Crippen LogP contribution is -2.32. The Bertz CT molecular complexity index is 1460. The number of cyclic esters (lactones) is 2. The zero-order valence-electron chi connectivity index (χ0n) is 21.6. The number of carbonyl (C=O) groups excluding carboxylic acids is 4. The Hall–Kier alpha value is -4.46. The Kier molecular flexibility index (Phi) is 9.77. The summed E-state index contributed by atoms with van der Waals surface area (Å²) >= 11 is 11.0. The van der Waals surface area contributed by atoms with E-state index in [0.717, 1.165) is 4.90 Å². The number of nitrogens with two attached hydrogens (primary N) is 1. The van der Waals surface area contributed by atoms with E-state index in [0.29, 0.717) is 17.1 Å². The number of aromatic nitrogens is 2. The first-order chi connectivity index (χ1) is 18.2. The fraction of sp³-hybridized carbons (Fsp3) is 0.333. The predicted octanol–water partition coefficient (Wildman–Crippen LogP) is 3.89. The molecule has 4 heterocycles. The molecule has 0 unspecified atom stereocenters. The molecule has 0 aromatic carbocycles. The van der Waals surface area contributed by atoms with Crippen LogP contribution in [0.3, 0.4) is 0 Å². The van der Waals surface area contributed by atoms with Crippen LogP contribution in [0.25, 0.3) is 0 Å². The summed E-state index contributed by atoms with van der Waals surface area (Å²) in [7, 11) is 0. The standard InChI is InChI=1S/C12H10ClN3O3.C7H9N3O.C5H3ClO3/c1-5(2)9-7(4-14)10(15-19-9)16-11(17)6(3)8(13)12(16)18;1-4(2)6-5(3-8)7(9)10-11-6;1-2-3(6)5(8)9-4(2)7/h5H,1-3H3;4H,1-2H3,(H2,9,10);1H3. The monoisotopic (exact) mass is 576 g/mol. The second-order valence-electron chi connectivity index (χ2n) is 8.59. The first-order valence-electron chi connectivity index (χ1n) is 11.1. The van der Waals surface area contributed by atoms with Gasteiger partial charge < -0.3 is 19.5 Å². The van der Waals surface area contributed by atoms with Crippen molar-refractivity contribution in [2.24, 2.45) is 0 Å². The largest absolute Gasteiger partial charge is 0.385 e. The molecule has 0 spiro atoms. The molecule has 0 radical (unpaired) electrons. The predicted molar refractivity (Wildman–Crippen MR) is 136 cm³/mol. The Balaban J connectivity index is 0.000000226. The van der Waals surface area contributed by atoms with E-state index in [4.69, 9.17) is 48.5 Å². The van der Waals surface area contributed by atoms with E-state index in [9.17, 15) is 19.2 Å². The van der Waals surface area contributed by atoms with Gasteiger partial charge in [-0.3, -0.25) is 9.59 Å². The molecule has 0 atom stereocenters. The van der Waals surface area contributed by atoms with Gasteiger partial charge in [0.25, 0.3) is 11.8 Å². The zero-order valence-corrected chi connectivity index (χ0v) is 23.1. The first-order valence-corrected chi connectivity index (χ1v) is 11.9. The van der Waals surface area contributed by atoms with Gasteiger partial charge in [0.15, 0.2) is 17.3 Å². The van der Waals surface area contributed by atoms with Crippen LogP contribution in [0, 0.1) is 22.7 Å². The van der Waals surface area contributed by atoms with E-state index in [2.05, 4.69) is 15.1 Å². The van der Waals surface area contributed by atoms with Crippen LogP contribution < -0.4 is 10.6 Å². The summed E-state index contributed by atoms with van der Waals surface area (Å²) in [5.74, 6) is -1.65. The van der Waals surface area contributed by atoms with Crippen LogP contribution in [0.4, 0.5) is 11.6 Å². The minimum atomic E-state index is -0.751. The van der Waals surface area contributed by atoms with E-state index in [-0.39, 0.29) is 50.2 Å². The third-order valence-electron chi connectivity index (χ3n) is 5.17. The Morgan fingerprint density at radius 2 is 1.31 bits per heavy atom. The Morgan fingerprint density at radius 3 is 1.64 bits per heavy atom. The Labute approximate surface area is 232 Å². The minimum Gasteiger partial charge on any atom is -0.385 e. The number of carbonyl (C=O) groups is 4. The Morgan fingerprint density at radius 1 is 0.795 bits per heavy atom. The number of ether oxygens (including phenoxy) is 1. The van der Waals surface area contributed by atoms with Gasteiger partial charge in [-0.25, -0.2) is 14.5 Å². The van der Waals surface area contributed by atoms with E-state index in [1.165, 1.54) is 13.8 Å². The van der Waals surface area contributed by atoms with Gasteiger partial charge in [-0.05, 0) is 13.8 Å². The summed E-state index contributed by atoms with van der Waals surface area (Å²) in [4.78, 5) is 45.4. The molecular weight excluding hydrogens is 555 g/mol. The van der Waals surface area contributed by atoms with Gasteiger partial charge >= 0.3 is 11.9 Å². The lowest BCUT2D eigenvalue weighted by Gasteiger charge is -2.10. The number of esters is 2. The van der Waals surface area contributed by atoms with Crippen molar-refractivity contribution in [1.82, 2.24) is 10.3 Å². The average Bonchev–Trinajstić information content (AvgIpc) is 3.59. The lowest BCUT2D eigenvalue weighted by molar-refractivity contribution is -0.150. The van der Waals surface area contributed by atoms with Crippen molar-refractivity contribution in [3.8, 4) is 12.1 Å². The molecule has 0 aliphatic carbocycles. The van der Waals surface area contributed by atoms with Crippen LogP contribution >= 0.6 is 23.2 Å². The number of amides is 2. The van der Waals surface area contributed by atoms with Gasteiger partial charge in [-0.15, -0.1) is 0 Å². The number of rotatable bonds is 3. The van der Waals surface area contributed by atoms with Crippen LogP contribution in [-0.2, 0) is 23.9 Å². The highest BCUT2D eigenvalue weighted by Crippen LogP contribution is 2.33. The van der Waals surface area contributed by atoms with Crippen molar-refractivity contribution < 1.29 is 33.0 Å². The molecular formula is C24H22Cl2N6O7. The van der Waals surface area contributed by atoms with Crippen LogP contribution in [0.2, 0.25) is 0 Å². The number of halogens is 2. The molecule has 13 nitrogen and oxygen atoms in total. The maximum atomic E-state index is 11.9. The molecule has 2 aliphatic rings. The molecule has 2 N–H and O–H groups in total. The van der Waals surface area contributed by atoms with Gasteiger partial charge in [0.2, 0.25) is 5.82 Å². The zero-order chi connectivity index (χ0) is 29.8. The summed E-state index contributed by atoms with van der Waals surface area (Å²) in [6.45, 7) is 10.3. The van der Waals surface area contributed by atoms with Crippen LogP contribution in [0.5, 0.6) is 0 Å². The van der Waals surface area contributed by atoms with Crippen molar-refractivity contribution >= 4 is 58.6 Å². The van der Waals surface area contributed by atoms with Crippen molar-refractivity contribution in [2.45, 2.75) is 53.4 Å². The molecule has 2 aliphatic heterocycles. The fourth-order valence-electron chi connectivity index (χ4n) is 3.02. The number of imide groups is 1. The molecule has 2 amide bonds. The third kappa shape index (κ3) is 6.17. The van der Waals surface area contributed by atoms with E-state index in [1.807, 2.05) is 39.8 Å². The third-order valence-corrected chi connectivity index (χ3v) is 6.06. The molecule has 39 heavy (non-hydrogen) atoms. The molecule has 0 bridgehead atoms. The lowest BCUT2D eigenvalue weighted by atomic mass is 10.1. The van der Waals surface area contributed by atoms with Gasteiger partial charge in [-0.1, -0.05) is 61.2 Å². The van der Waals surface area contributed by atoms with Gasteiger partial charge in [0.1, 0.15) is 33.3 Å². The van der Waals surface area contributed by atoms with Crippen molar-refractivity contribution in [3.05, 3.63) is 43.9 Å². The molecule has 204 valence electrons. The summed E-state index contributed by atoms with van der Waals surface area (Å²) in [5, 5.41) is 24.6. The summed E-state index contributed by atoms with van der Waals surface area (Å²) in [6, 6.07) is 3.85. The summed E-state index contributed by atoms with van der Waals surface area (Å²) in [6.07, 6.45) is 0. The highest BCUT2D eigenvalue weighted by atomic mass is 35.5. The van der Waals surface area contributed by atoms with Crippen molar-refractivity contribution in [3.63, 3.8) is 0 Å². The first kappa shape index (κ1) is 30.8. The maximum Gasteiger partial charge on any atom is 0.358 e. The molecule has 0 fully saturated rings. The van der Waals surface area contributed by atoms with Crippen molar-refractivity contribution in [1.29, 1.82) is 10.5 Å². The summed E-state index contributed by atoms with van der Waals surface area (Å²) < 4.78 is 14.0. The van der Waals surface area contributed by atoms with E-state index < -0.39 is 23.8 Å². The maximum absolute atomic E-state index is 11.9. The normalized spacial score (nSPS) is 14.8. The number of hydrogen-bond donors (Lipinski definition) is 1. The van der Waals surface area contributed by atoms with Gasteiger partial charge in [0, 0.05) is 17.4 Å². The number of nitrogen functional groups attached to an aromatic ring is 1. The molecule has 2 aromatic rings. The molecule has 0 saturated carbocycles. The number of nitrogens with zero attached hydrogens (tertiary/aromatic N) is 5. The van der Waals surface area contributed by atoms with E-state index >= 15 is 0 Å². The SMILES string of the molecule is CC(C)c1onc(N)c1C#N.CC1=C(Cl)C(=O)N(c2noc(C(C)C)c2C#N)C1=O.CC1=C(Cl)C(=O)OC1=O. The molecule has 4 rings (SSSR count). The average molecular weight is 577 g/mol. The number of hydrogen-bond acceptors (Lipinski definition) is 12. The number of nitriles is 2. The highest BCUT2D eigenvalue weighted by Gasteiger charge is 2.40. The molecule has 2 aromatic heterocycles. The second-order valence-corrected chi connectivity index (χ2v) is 9.34. The molecule has 15 heteroatoms. The van der Waals surface area contributed by atoms with Gasteiger partial charge in [0.05, 0.1) is 5.57 Å². The smallest absolute Gasteiger partial charge is 0.358 e. The molecule has 0 saturated heterocycles. The van der Waals surface area contributed by atoms with Crippen LogP contribution in [0.15, 0.2) is 30.3 Å². The van der Waals surface area contributed by atoms with Crippen molar-refractivity contribution in [2.75, 3.05) is 10.6 Å². The van der Waals surface area contributed by atoms with Crippen LogP contribution in [-0.4, -0.2) is 34.1 Å². The van der Waals surface area contributed by atoms with Crippen LogP contribution in [0.1, 0.15) is 76.0 Å². The van der Waals surface area contributed by atoms with E-state index in [1.54, 1.807) is 0 Å². The quantitative estimate of drug-likeness (QED) is 0.313. The fourth-order valence-corrected chi connectivity index (χ4v) is 3.30. The van der Waals surface area contributed by atoms with Gasteiger partial charge in [-0.2, -0.15) is 10.5 Å².